The summed E-state index contributed by atoms with van der Waals surface area (Å²) in [5.74, 6) is -0.0619. The van der Waals surface area contributed by atoms with Crippen LogP contribution in [-0.2, 0) is 0 Å². The molecule has 0 bridgehead atoms. The van der Waals surface area contributed by atoms with Crippen molar-refractivity contribution >= 4 is 16.9 Å². The third-order valence-corrected chi connectivity index (χ3v) is 5.89. The average Bonchev–Trinajstić information content (AvgIpc) is 3.07. The van der Waals surface area contributed by atoms with Gasteiger partial charge in [0.1, 0.15) is 17.1 Å². The van der Waals surface area contributed by atoms with Gasteiger partial charge >= 0.3 is 0 Å². The van der Waals surface area contributed by atoms with E-state index in [0.29, 0.717) is 13.2 Å². The van der Waals surface area contributed by atoms with E-state index >= 15 is 0 Å². The van der Waals surface area contributed by atoms with Crippen LogP contribution < -0.4 is 10.2 Å². The second-order valence-corrected chi connectivity index (χ2v) is 8.64. The fourth-order valence-corrected chi connectivity index (χ4v) is 4.21. The van der Waals surface area contributed by atoms with Crippen LogP contribution in [0.25, 0.3) is 11.0 Å². The van der Waals surface area contributed by atoms with Crippen LogP contribution >= 0.6 is 0 Å². The van der Waals surface area contributed by atoms with E-state index in [4.69, 9.17) is 9.15 Å². The van der Waals surface area contributed by atoms with Gasteiger partial charge in [0.25, 0.3) is 5.91 Å². The number of hydrogen-bond acceptors (Lipinski definition) is 5. The molecule has 0 radical (unpaired) electrons. The zero-order valence-corrected chi connectivity index (χ0v) is 19.3. The molecule has 33 heavy (non-hydrogen) atoms. The lowest BCUT2D eigenvalue weighted by atomic mass is 9.98. The highest BCUT2D eigenvalue weighted by molar-refractivity contribution is 5.99. The molecule has 4 rings (SSSR count). The molecule has 3 aromatic rings. The van der Waals surface area contributed by atoms with Gasteiger partial charge in [-0.3, -0.25) is 9.59 Å². The maximum absolute atomic E-state index is 13.9. The first kappa shape index (κ1) is 23.0. The number of nitrogens with zero attached hydrogens (tertiary/aromatic N) is 2. The molecule has 1 unspecified atom stereocenters. The van der Waals surface area contributed by atoms with Gasteiger partial charge in [0.05, 0.1) is 23.6 Å². The molecule has 1 amide bonds. The normalized spacial score (nSPS) is 15.5. The molecule has 7 heteroatoms. The van der Waals surface area contributed by atoms with Crippen molar-refractivity contribution in [2.75, 3.05) is 33.8 Å². The van der Waals surface area contributed by atoms with E-state index in [1.165, 1.54) is 18.2 Å². The topological polar surface area (TPSA) is 63.0 Å². The fourth-order valence-electron chi connectivity index (χ4n) is 4.21. The Morgan fingerprint density at radius 2 is 1.85 bits per heavy atom. The summed E-state index contributed by atoms with van der Waals surface area (Å²) < 4.78 is 25.5. The van der Waals surface area contributed by atoms with E-state index in [0.717, 1.165) is 37.1 Å². The molecule has 1 aliphatic heterocycles. The third-order valence-electron chi connectivity index (χ3n) is 5.89. The van der Waals surface area contributed by atoms with Gasteiger partial charge in [-0.05, 0) is 69.4 Å². The highest BCUT2D eigenvalue weighted by Crippen LogP contribution is 2.38. The van der Waals surface area contributed by atoms with Crippen molar-refractivity contribution in [3.63, 3.8) is 0 Å². The van der Waals surface area contributed by atoms with Gasteiger partial charge < -0.3 is 19.0 Å². The van der Waals surface area contributed by atoms with Crippen molar-refractivity contribution in [2.24, 2.45) is 0 Å². The van der Waals surface area contributed by atoms with Crippen LogP contribution in [0.2, 0.25) is 0 Å². The summed E-state index contributed by atoms with van der Waals surface area (Å²) in [7, 11) is 3.95. The Bertz CT molecular complexity index is 1200. The lowest BCUT2D eigenvalue weighted by Gasteiger charge is -2.26. The number of carbonyl (C=O) groups excluding carboxylic acids is 1. The van der Waals surface area contributed by atoms with Crippen LogP contribution in [0.3, 0.4) is 0 Å². The molecule has 2 heterocycles. The van der Waals surface area contributed by atoms with E-state index in [9.17, 15) is 14.0 Å². The molecule has 2 aromatic carbocycles. The number of ether oxygens (including phenoxy) is 1. The van der Waals surface area contributed by atoms with Crippen molar-refractivity contribution in [1.82, 2.24) is 9.80 Å². The summed E-state index contributed by atoms with van der Waals surface area (Å²) in [4.78, 5) is 30.5. The summed E-state index contributed by atoms with van der Waals surface area (Å²) >= 11 is 0. The number of rotatable bonds is 9. The summed E-state index contributed by atoms with van der Waals surface area (Å²) in [6.45, 7) is 4.00. The summed E-state index contributed by atoms with van der Waals surface area (Å²) in [5.41, 5.74) is 0.894. The SMILES string of the molecule is CCCCOc1ccc(C2c3c(oc4ccc(F)cc4c3=O)C(=O)N2CCCN(C)C)cc1. The Morgan fingerprint density at radius 1 is 1.09 bits per heavy atom. The zero-order valence-electron chi connectivity index (χ0n) is 19.3. The monoisotopic (exact) mass is 452 g/mol. The van der Waals surface area contributed by atoms with Crippen LogP contribution in [0.4, 0.5) is 4.39 Å². The van der Waals surface area contributed by atoms with Crippen molar-refractivity contribution in [3.05, 3.63) is 75.4 Å². The average molecular weight is 453 g/mol. The van der Waals surface area contributed by atoms with Gasteiger partial charge in [0.15, 0.2) is 5.43 Å². The molecule has 6 nitrogen and oxygen atoms in total. The Kier molecular flexibility index (Phi) is 6.79. The molecule has 0 saturated carbocycles. The third kappa shape index (κ3) is 4.64. The predicted octanol–water partition coefficient (Wildman–Crippen LogP) is 4.61. The van der Waals surface area contributed by atoms with Gasteiger partial charge in [-0.25, -0.2) is 4.39 Å². The number of halogens is 1. The van der Waals surface area contributed by atoms with Gasteiger partial charge in [0.2, 0.25) is 5.76 Å². The number of hydrogen-bond donors (Lipinski definition) is 0. The molecule has 0 aliphatic carbocycles. The first-order valence-electron chi connectivity index (χ1n) is 11.4. The van der Waals surface area contributed by atoms with Crippen molar-refractivity contribution < 1.29 is 18.3 Å². The van der Waals surface area contributed by atoms with Crippen LogP contribution in [0, 0.1) is 5.82 Å². The molecule has 1 atom stereocenters. The van der Waals surface area contributed by atoms with Gasteiger partial charge in [-0.2, -0.15) is 0 Å². The van der Waals surface area contributed by atoms with E-state index in [2.05, 4.69) is 6.92 Å². The number of amides is 1. The molecular formula is C26H29FN2O4. The lowest BCUT2D eigenvalue weighted by molar-refractivity contribution is 0.0722. The number of benzene rings is 2. The van der Waals surface area contributed by atoms with Crippen LogP contribution in [0.5, 0.6) is 5.75 Å². The molecule has 1 aromatic heterocycles. The first-order chi connectivity index (χ1) is 15.9. The number of fused-ring (bicyclic) bond motifs is 2. The molecule has 1 aliphatic rings. The molecule has 0 N–H and O–H groups in total. The quantitative estimate of drug-likeness (QED) is 0.444. The number of carbonyl (C=O) groups is 1. The van der Waals surface area contributed by atoms with Crippen LogP contribution in [0.1, 0.15) is 53.9 Å². The minimum Gasteiger partial charge on any atom is -0.494 e. The smallest absolute Gasteiger partial charge is 0.290 e. The molecule has 174 valence electrons. The minimum absolute atomic E-state index is 0.0391. The summed E-state index contributed by atoms with van der Waals surface area (Å²) in [5, 5.41) is 0.140. The Morgan fingerprint density at radius 3 is 2.55 bits per heavy atom. The Balaban J connectivity index is 1.76. The van der Waals surface area contributed by atoms with E-state index in [1.54, 1.807) is 4.90 Å². The predicted molar refractivity (Wildman–Crippen MR) is 125 cm³/mol. The van der Waals surface area contributed by atoms with Gasteiger partial charge in [-0.15, -0.1) is 0 Å². The molecular weight excluding hydrogens is 423 g/mol. The van der Waals surface area contributed by atoms with E-state index in [-0.39, 0.29) is 33.6 Å². The lowest BCUT2D eigenvalue weighted by Crippen LogP contribution is -2.32. The van der Waals surface area contributed by atoms with Crippen molar-refractivity contribution in [3.8, 4) is 5.75 Å². The first-order valence-corrected chi connectivity index (χ1v) is 11.4. The molecule has 0 fully saturated rings. The number of unbranched alkanes of at least 4 members (excludes halogenated alkanes) is 1. The second-order valence-electron chi connectivity index (χ2n) is 8.64. The highest BCUT2D eigenvalue weighted by atomic mass is 19.1. The largest absolute Gasteiger partial charge is 0.494 e. The maximum atomic E-state index is 13.9. The molecule has 0 saturated heterocycles. The Labute approximate surface area is 192 Å². The zero-order chi connectivity index (χ0) is 23.5. The van der Waals surface area contributed by atoms with Crippen LogP contribution in [-0.4, -0.2) is 49.5 Å². The van der Waals surface area contributed by atoms with E-state index < -0.39 is 11.9 Å². The van der Waals surface area contributed by atoms with E-state index in [1.807, 2.05) is 43.3 Å². The minimum atomic E-state index is -0.594. The summed E-state index contributed by atoms with van der Waals surface area (Å²) in [6, 6.07) is 10.7. The van der Waals surface area contributed by atoms with Crippen LogP contribution in [0.15, 0.2) is 51.7 Å². The standard InChI is InChI=1S/C26H29FN2O4/c1-4-5-15-32-19-10-7-17(8-11-19)23-22-24(30)20-16-18(27)9-12-21(20)33-25(22)26(31)29(23)14-6-13-28(2)3/h7-12,16,23H,4-6,13-15H2,1-3H3. The van der Waals surface area contributed by atoms with Gasteiger partial charge in [0, 0.05) is 6.54 Å². The van der Waals surface area contributed by atoms with Gasteiger partial charge in [-0.1, -0.05) is 25.5 Å². The van der Waals surface area contributed by atoms with Crippen molar-refractivity contribution in [2.45, 2.75) is 32.2 Å². The fraction of sp³-hybridized carbons (Fsp3) is 0.385. The molecule has 0 spiro atoms. The maximum Gasteiger partial charge on any atom is 0.290 e. The second kappa shape index (κ2) is 9.75. The summed E-state index contributed by atoms with van der Waals surface area (Å²) in [6.07, 6.45) is 2.76. The van der Waals surface area contributed by atoms with Crippen molar-refractivity contribution in [1.29, 1.82) is 0 Å². The highest BCUT2D eigenvalue weighted by Gasteiger charge is 2.42. The Hall–Kier alpha value is -3.19.